The second-order valence-corrected chi connectivity index (χ2v) is 5.02. The first kappa shape index (κ1) is 17.5. The molecule has 0 saturated carbocycles. The number of amides is 1. The van der Waals surface area contributed by atoms with Gasteiger partial charge in [0.15, 0.2) is 5.82 Å². The SMILES string of the molecule is CCOC(C)c1noc(CN(C)C(=O)c2cccc(C(=O)O)n2)n1. The molecule has 24 heavy (non-hydrogen) atoms. The number of hydrogen-bond donors (Lipinski definition) is 1. The Morgan fingerprint density at radius 1 is 1.33 bits per heavy atom. The highest BCUT2D eigenvalue weighted by Crippen LogP contribution is 2.14. The van der Waals surface area contributed by atoms with Gasteiger partial charge in [-0.2, -0.15) is 4.98 Å². The summed E-state index contributed by atoms with van der Waals surface area (Å²) in [6.07, 6.45) is -0.303. The highest BCUT2D eigenvalue weighted by Gasteiger charge is 2.19. The van der Waals surface area contributed by atoms with Crippen molar-refractivity contribution in [1.29, 1.82) is 0 Å². The topological polar surface area (TPSA) is 119 Å². The first-order chi connectivity index (χ1) is 11.4. The van der Waals surface area contributed by atoms with E-state index in [1.54, 1.807) is 6.92 Å². The van der Waals surface area contributed by atoms with Crippen LogP contribution in [-0.4, -0.2) is 50.7 Å². The van der Waals surface area contributed by atoms with Crippen molar-refractivity contribution in [3.05, 3.63) is 41.3 Å². The number of aromatic nitrogens is 3. The molecule has 2 heterocycles. The number of pyridine rings is 1. The number of aromatic carboxylic acids is 1. The molecule has 2 aromatic rings. The van der Waals surface area contributed by atoms with Gasteiger partial charge < -0.3 is 19.3 Å². The van der Waals surface area contributed by atoms with E-state index >= 15 is 0 Å². The van der Waals surface area contributed by atoms with Crippen LogP contribution in [0.3, 0.4) is 0 Å². The Morgan fingerprint density at radius 3 is 2.71 bits per heavy atom. The molecule has 1 N–H and O–H groups in total. The average Bonchev–Trinajstić information content (AvgIpc) is 3.03. The molecule has 1 unspecified atom stereocenters. The predicted octanol–water partition coefficient (Wildman–Crippen LogP) is 1.53. The molecule has 2 rings (SSSR count). The van der Waals surface area contributed by atoms with E-state index in [0.29, 0.717) is 12.4 Å². The van der Waals surface area contributed by atoms with Gasteiger partial charge in [-0.15, -0.1) is 0 Å². The monoisotopic (exact) mass is 334 g/mol. The molecule has 0 saturated heterocycles. The zero-order valence-electron chi connectivity index (χ0n) is 13.6. The van der Waals surface area contributed by atoms with Gasteiger partial charge >= 0.3 is 5.97 Å². The second-order valence-electron chi connectivity index (χ2n) is 5.02. The van der Waals surface area contributed by atoms with Gasteiger partial charge in [0.1, 0.15) is 24.0 Å². The first-order valence-electron chi connectivity index (χ1n) is 7.32. The van der Waals surface area contributed by atoms with Crippen molar-refractivity contribution < 1.29 is 24.0 Å². The number of carbonyl (C=O) groups is 2. The minimum atomic E-state index is -1.20. The number of carbonyl (C=O) groups excluding carboxylic acids is 1. The van der Waals surface area contributed by atoms with Crippen molar-refractivity contribution in [1.82, 2.24) is 20.0 Å². The van der Waals surface area contributed by atoms with Crippen LogP contribution in [-0.2, 0) is 11.3 Å². The lowest BCUT2D eigenvalue weighted by Gasteiger charge is -2.14. The molecule has 0 bridgehead atoms. The van der Waals surface area contributed by atoms with Crippen LogP contribution in [0.25, 0.3) is 0 Å². The van der Waals surface area contributed by atoms with E-state index in [0.717, 1.165) is 0 Å². The number of carboxylic acid groups (broad SMARTS) is 1. The second kappa shape index (κ2) is 7.64. The molecule has 128 valence electrons. The third-order valence-corrected chi connectivity index (χ3v) is 3.17. The Hall–Kier alpha value is -2.81. The van der Waals surface area contributed by atoms with Crippen molar-refractivity contribution in [3.63, 3.8) is 0 Å². The summed E-state index contributed by atoms with van der Waals surface area (Å²) in [5.41, 5.74) is -0.167. The summed E-state index contributed by atoms with van der Waals surface area (Å²) in [6.45, 7) is 4.26. The molecule has 0 aromatic carbocycles. The maximum Gasteiger partial charge on any atom is 0.354 e. The van der Waals surface area contributed by atoms with Gasteiger partial charge in [0.05, 0.1) is 0 Å². The minimum Gasteiger partial charge on any atom is -0.477 e. The Morgan fingerprint density at radius 2 is 2.04 bits per heavy atom. The Bertz CT molecular complexity index is 730. The van der Waals surface area contributed by atoms with Gasteiger partial charge in [0, 0.05) is 13.7 Å². The van der Waals surface area contributed by atoms with E-state index in [1.165, 1.54) is 30.1 Å². The van der Waals surface area contributed by atoms with Crippen LogP contribution < -0.4 is 0 Å². The summed E-state index contributed by atoms with van der Waals surface area (Å²) in [6, 6.07) is 4.23. The zero-order valence-corrected chi connectivity index (χ0v) is 13.6. The lowest BCUT2D eigenvalue weighted by Crippen LogP contribution is -2.27. The summed E-state index contributed by atoms with van der Waals surface area (Å²) in [4.78, 5) is 32.6. The maximum atomic E-state index is 12.3. The standard InChI is InChI=1S/C15H18N4O5/c1-4-23-9(2)13-17-12(24-18-13)8-19(3)14(20)10-6-5-7-11(16-10)15(21)22/h5-7,9H,4,8H2,1-3H3,(H,21,22). The smallest absolute Gasteiger partial charge is 0.354 e. The molecule has 0 spiro atoms. The van der Waals surface area contributed by atoms with E-state index in [4.69, 9.17) is 14.4 Å². The molecule has 2 aromatic heterocycles. The lowest BCUT2D eigenvalue weighted by molar-refractivity contribution is 0.0680. The lowest BCUT2D eigenvalue weighted by atomic mass is 10.2. The van der Waals surface area contributed by atoms with Crippen LogP contribution in [0.4, 0.5) is 0 Å². The van der Waals surface area contributed by atoms with Crippen molar-refractivity contribution >= 4 is 11.9 Å². The van der Waals surface area contributed by atoms with Gasteiger partial charge in [0.2, 0.25) is 5.89 Å². The van der Waals surface area contributed by atoms with Crippen LogP contribution in [0.2, 0.25) is 0 Å². The minimum absolute atomic E-state index is 0.0276. The fraction of sp³-hybridized carbons (Fsp3) is 0.400. The number of nitrogens with zero attached hydrogens (tertiary/aromatic N) is 4. The molecule has 0 aliphatic heterocycles. The highest BCUT2D eigenvalue weighted by molar-refractivity contribution is 5.94. The largest absolute Gasteiger partial charge is 0.477 e. The van der Waals surface area contributed by atoms with Crippen LogP contribution >= 0.6 is 0 Å². The average molecular weight is 334 g/mol. The van der Waals surface area contributed by atoms with Crippen LogP contribution in [0.15, 0.2) is 22.7 Å². The summed E-state index contributed by atoms with van der Waals surface area (Å²) in [7, 11) is 1.54. The molecular weight excluding hydrogens is 316 g/mol. The molecule has 9 nitrogen and oxygen atoms in total. The van der Waals surface area contributed by atoms with Crippen molar-refractivity contribution in [2.24, 2.45) is 0 Å². The van der Waals surface area contributed by atoms with Crippen molar-refractivity contribution in [2.45, 2.75) is 26.5 Å². The fourth-order valence-corrected chi connectivity index (χ4v) is 1.97. The van der Waals surface area contributed by atoms with E-state index in [2.05, 4.69) is 15.1 Å². The van der Waals surface area contributed by atoms with Gasteiger partial charge in [-0.25, -0.2) is 9.78 Å². The van der Waals surface area contributed by atoms with Crippen molar-refractivity contribution in [2.75, 3.05) is 13.7 Å². The molecule has 1 atom stereocenters. The molecule has 1 amide bonds. The number of rotatable bonds is 7. The molecule has 0 aliphatic rings. The molecule has 0 fully saturated rings. The van der Waals surface area contributed by atoms with Crippen LogP contribution in [0.5, 0.6) is 0 Å². The van der Waals surface area contributed by atoms with E-state index in [1.807, 2.05) is 6.92 Å². The normalized spacial score (nSPS) is 12.0. The summed E-state index contributed by atoms with van der Waals surface area (Å²) >= 11 is 0. The number of ether oxygens (including phenoxy) is 1. The Kier molecular flexibility index (Phi) is 5.59. The third kappa shape index (κ3) is 4.13. The van der Waals surface area contributed by atoms with Crippen LogP contribution in [0.1, 0.15) is 52.6 Å². The summed E-state index contributed by atoms with van der Waals surface area (Å²) in [5, 5.41) is 12.7. The molecule has 0 aliphatic carbocycles. The van der Waals surface area contributed by atoms with Crippen LogP contribution in [0, 0.1) is 0 Å². The van der Waals surface area contributed by atoms with Gasteiger partial charge in [0.25, 0.3) is 5.91 Å². The quantitative estimate of drug-likeness (QED) is 0.809. The Balaban J connectivity index is 2.06. The number of carboxylic acids is 1. The Labute approximate surface area is 138 Å². The first-order valence-corrected chi connectivity index (χ1v) is 7.32. The van der Waals surface area contributed by atoms with E-state index in [-0.39, 0.29) is 29.9 Å². The van der Waals surface area contributed by atoms with Gasteiger partial charge in [-0.3, -0.25) is 4.79 Å². The fourth-order valence-electron chi connectivity index (χ4n) is 1.97. The van der Waals surface area contributed by atoms with E-state index < -0.39 is 11.9 Å². The summed E-state index contributed by atoms with van der Waals surface area (Å²) in [5.74, 6) is -0.991. The maximum absolute atomic E-state index is 12.3. The molecule has 0 radical (unpaired) electrons. The van der Waals surface area contributed by atoms with Gasteiger partial charge in [-0.1, -0.05) is 11.2 Å². The third-order valence-electron chi connectivity index (χ3n) is 3.17. The van der Waals surface area contributed by atoms with E-state index in [9.17, 15) is 9.59 Å². The number of hydrogen-bond acceptors (Lipinski definition) is 7. The summed E-state index contributed by atoms with van der Waals surface area (Å²) < 4.78 is 10.5. The molecule has 9 heteroatoms. The van der Waals surface area contributed by atoms with Crippen molar-refractivity contribution in [3.8, 4) is 0 Å². The highest BCUT2D eigenvalue weighted by atomic mass is 16.5. The predicted molar refractivity (Wildman–Crippen MR) is 81.3 cm³/mol. The van der Waals surface area contributed by atoms with Gasteiger partial charge in [-0.05, 0) is 26.0 Å². The molecular formula is C15H18N4O5. The zero-order chi connectivity index (χ0) is 17.7.